The van der Waals surface area contributed by atoms with E-state index in [-0.39, 0.29) is 17.4 Å². The molecule has 2 saturated heterocycles. The molecule has 4 rings (SSSR count). The summed E-state index contributed by atoms with van der Waals surface area (Å²) in [5.41, 5.74) is 1.24. The summed E-state index contributed by atoms with van der Waals surface area (Å²) in [6.45, 7) is 3.59. The van der Waals surface area contributed by atoms with Gasteiger partial charge in [-0.1, -0.05) is 30.3 Å². The van der Waals surface area contributed by atoms with Crippen molar-refractivity contribution in [2.75, 3.05) is 19.6 Å². The second-order valence-corrected chi connectivity index (χ2v) is 7.98. The highest BCUT2D eigenvalue weighted by atomic mass is 19.4. The van der Waals surface area contributed by atoms with Crippen molar-refractivity contribution in [2.24, 2.45) is 5.92 Å². The lowest BCUT2D eigenvalue weighted by molar-refractivity contribution is -0.192. The SMILES string of the molecule is O=C(O)C(F)(F)F.O=C1NC2(CCN(CC3CC3)CC2)CC1c1ccccc1. The van der Waals surface area contributed by atoms with Gasteiger partial charge in [-0.2, -0.15) is 13.2 Å². The number of rotatable bonds is 3. The Kier molecular flexibility index (Phi) is 5.98. The van der Waals surface area contributed by atoms with E-state index in [1.54, 1.807) is 0 Å². The van der Waals surface area contributed by atoms with Gasteiger partial charge in [-0.3, -0.25) is 4.79 Å². The molecule has 1 aliphatic carbocycles. The minimum atomic E-state index is -5.08. The van der Waals surface area contributed by atoms with Gasteiger partial charge in [-0.25, -0.2) is 4.79 Å². The van der Waals surface area contributed by atoms with Gasteiger partial charge in [0.1, 0.15) is 0 Å². The maximum absolute atomic E-state index is 12.4. The fraction of sp³-hybridized carbons (Fsp3) is 0.600. The highest BCUT2D eigenvalue weighted by Crippen LogP contribution is 2.40. The molecule has 1 spiro atoms. The third-order valence-corrected chi connectivity index (χ3v) is 5.77. The molecule has 3 aliphatic rings. The van der Waals surface area contributed by atoms with Crippen molar-refractivity contribution in [3.05, 3.63) is 35.9 Å². The number of hydrogen-bond acceptors (Lipinski definition) is 3. The molecule has 0 radical (unpaired) electrons. The lowest BCUT2D eigenvalue weighted by Crippen LogP contribution is -2.51. The van der Waals surface area contributed by atoms with E-state index in [1.807, 2.05) is 18.2 Å². The predicted octanol–water partition coefficient (Wildman–Crippen LogP) is 3.17. The Bertz CT molecular complexity index is 696. The zero-order valence-electron chi connectivity index (χ0n) is 15.5. The normalized spacial score (nSPS) is 24.4. The van der Waals surface area contributed by atoms with E-state index in [9.17, 15) is 18.0 Å². The van der Waals surface area contributed by atoms with Crippen LogP contribution in [-0.2, 0) is 9.59 Å². The number of hydrogen-bond donors (Lipinski definition) is 2. The second-order valence-electron chi connectivity index (χ2n) is 7.98. The summed E-state index contributed by atoms with van der Waals surface area (Å²) >= 11 is 0. The fourth-order valence-corrected chi connectivity index (χ4v) is 4.00. The van der Waals surface area contributed by atoms with Gasteiger partial charge in [-0.15, -0.1) is 0 Å². The second kappa shape index (κ2) is 8.11. The maximum Gasteiger partial charge on any atom is 0.490 e. The molecule has 154 valence electrons. The van der Waals surface area contributed by atoms with Crippen LogP contribution in [0.2, 0.25) is 0 Å². The molecule has 0 bridgehead atoms. The Hall–Kier alpha value is -2.09. The van der Waals surface area contributed by atoms with Crippen molar-refractivity contribution in [3.8, 4) is 0 Å². The van der Waals surface area contributed by atoms with Crippen LogP contribution in [0.5, 0.6) is 0 Å². The standard InChI is InChI=1S/C18H24N2O.C2HF3O2/c21-17-16(15-4-2-1-3-5-15)12-18(19-17)8-10-20(11-9-18)13-14-6-7-14;3-2(4,5)1(6)7/h1-5,14,16H,6-13H2,(H,19,21);(H,6,7). The van der Waals surface area contributed by atoms with Crippen molar-refractivity contribution in [1.82, 2.24) is 10.2 Å². The number of likely N-dealkylation sites (tertiary alicyclic amines) is 1. The van der Waals surface area contributed by atoms with Gasteiger partial charge in [0.2, 0.25) is 5.91 Å². The molecule has 5 nitrogen and oxygen atoms in total. The first kappa shape index (κ1) is 20.6. The van der Waals surface area contributed by atoms with Crippen LogP contribution in [0.25, 0.3) is 0 Å². The summed E-state index contributed by atoms with van der Waals surface area (Å²) in [6.07, 6.45) is 0.986. The molecule has 2 heterocycles. The molecule has 8 heteroatoms. The molecule has 2 aliphatic heterocycles. The number of piperidine rings is 1. The van der Waals surface area contributed by atoms with E-state index < -0.39 is 12.1 Å². The molecular weight excluding hydrogens is 373 g/mol. The largest absolute Gasteiger partial charge is 0.490 e. The minimum absolute atomic E-state index is 0.0567. The number of halogens is 3. The molecule has 1 atom stereocenters. The lowest BCUT2D eigenvalue weighted by Gasteiger charge is -2.39. The van der Waals surface area contributed by atoms with E-state index in [0.717, 1.165) is 38.3 Å². The molecule has 1 unspecified atom stereocenters. The van der Waals surface area contributed by atoms with Gasteiger partial charge in [-0.05, 0) is 43.6 Å². The summed E-state index contributed by atoms with van der Waals surface area (Å²) in [6, 6.07) is 10.3. The zero-order valence-corrected chi connectivity index (χ0v) is 15.5. The molecule has 28 heavy (non-hydrogen) atoms. The van der Waals surface area contributed by atoms with E-state index in [2.05, 4.69) is 22.3 Å². The summed E-state index contributed by atoms with van der Waals surface area (Å²) < 4.78 is 31.7. The third-order valence-electron chi connectivity index (χ3n) is 5.77. The van der Waals surface area contributed by atoms with Crippen LogP contribution in [-0.4, -0.2) is 53.2 Å². The molecule has 1 amide bonds. The molecule has 0 aromatic heterocycles. The first-order valence-electron chi connectivity index (χ1n) is 9.58. The van der Waals surface area contributed by atoms with Crippen LogP contribution in [0.15, 0.2) is 30.3 Å². The average Bonchev–Trinajstić information content (AvgIpc) is 3.40. The topological polar surface area (TPSA) is 69.6 Å². The quantitative estimate of drug-likeness (QED) is 0.821. The van der Waals surface area contributed by atoms with Crippen LogP contribution in [0.4, 0.5) is 13.2 Å². The molecule has 1 aromatic carbocycles. The Morgan fingerprint density at radius 2 is 1.75 bits per heavy atom. The molecular formula is C20H25F3N2O3. The van der Waals surface area contributed by atoms with Crippen LogP contribution >= 0.6 is 0 Å². The Balaban J connectivity index is 0.000000279. The molecule has 3 fully saturated rings. The van der Waals surface area contributed by atoms with Crippen molar-refractivity contribution in [1.29, 1.82) is 0 Å². The van der Waals surface area contributed by atoms with E-state index in [4.69, 9.17) is 9.90 Å². The number of aliphatic carboxylic acids is 1. The number of nitrogens with one attached hydrogen (secondary N) is 1. The van der Waals surface area contributed by atoms with Crippen LogP contribution in [0.1, 0.15) is 43.6 Å². The van der Waals surface area contributed by atoms with Gasteiger partial charge in [0, 0.05) is 25.2 Å². The fourth-order valence-electron chi connectivity index (χ4n) is 4.00. The summed E-state index contributed by atoms with van der Waals surface area (Å²) in [5.74, 6) is -1.50. The van der Waals surface area contributed by atoms with Gasteiger partial charge >= 0.3 is 12.1 Å². The van der Waals surface area contributed by atoms with E-state index in [1.165, 1.54) is 24.9 Å². The monoisotopic (exact) mass is 398 g/mol. The highest BCUT2D eigenvalue weighted by molar-refractivity contribution is 5.87. The number of carboxylic acids is 1. The maximum atomic E-state index is 12.4. The van der Waals surface area contributed by atoms with Crippen molar-refractivity contribution in [2.45, 2.75) is 49.7 Å². The molecule has 1 saturated carbocycles. The van der Waals surface area contributed by atoms with Crippen LogP contribution < -0.4 is 5.32 Å². The van der Waals surface area contributed by atoms with E-state index in [0.29, 0.717) is 0 Å². The lowest BCUT2D eigenvalue weighted by atomic mass is 9.82. The van der Waals surface area contributed by atoms with Crippen molar-refractivity contribution in [3.63, 3.8) is 0 Å². The first-order chi connectivity index (χ1) is 13.2. The summed E-state index contributed by atoms with van der Waals surface area (Å²) in [4.78, 5) is 23.9. The number of benzene rings is 1. The number of carboxylic acid groups (broad SMARTS) is 1. The smallest absolute Gasteiger partial charge is 0.475 e. The zero-order chi connectivity index (χ0) is 20.4. The Morgan fingerprint density at radius 1 is 1.18 bits per heavy atom. The first-order valence-corrected chi connectivity index (χ1v) is 9.58. The predicted molar refractivity (Wildman–Crippen MR) is 96.8 cm³/mol. The molecule has 1 aromatic rings. The van der Waals surface area contributed by atoms with Crippen LogP contribution in [0.3, 0.4) is 0 Å². The summed E-state index contributed by atoms with van der Waals surface area (Å²) in [5, 5.41) is 10.5. The number of nitrogens with zero attached hydrogens (tertiary/aromatic N) is 1. The van der Waals surface area contributed by atoms with Crippen LogP contribution in [0, 0.1) is 5.92 Å². The van der Waals surface area contributed by atoms with E-state index >= 15 is 0 Å². The Labute approximate surface area is 161 Å². The van der Waals surface area contributed by atoms with Crippen molar-refractivity contribution >= 4 is 11.9 Å². The highest BCUT2D eigenvalue weighted by Gasteiger charge is 2.46. The van der Waals surface area contributed by atoms with Gasteiger partial charge in [0.25, 0.3) is 0 Å². The number of amides is 1. The Morgan fingerprint density at radius 3 is 2.25 bits per heavy atom. The minimum Gasteiger partial charge on any atom is -0.475 e. The summed E-state index contributed by atoms with van der Waals surface area (Å²) in [7, 11) is 0. The van der Waals surface area contributed by atoms with Gasteiger partial charge in [0.05, 0.1) is 5.92 Å². The molecule has 2 N–H and O–H groups in total. The van der Waals surface area contributed by atoms with Crippen molar-refractivity contribution < 1.29 is 27.9 Å². The number of alkyl halides is 3. The average molecular weight is 398 g/mol. The third kappa shape index (κ3) is 5.25. The number of carbonyl (C=O) groups excluding carboxylic acids is 1. The van der Waals surface area contributed by atoms with Gasteiger partial charge in [0.15, 0.2) is 0 Å². The van der Waals surface area contributed by atoms with Gasteiger partial charge < -0.3 is 15.3 Å². The number of carbonyl (C=O) groups is 2.